The molecule has 2 aliphatic heterocycles. The van der Waals surface area contributed by atoms with Crippen LogP contribution in [0.2, 0.25) is 0 Å². The van der Waals surface area contributed by atoms with Gasteiger partial charge in [-0.15, -0.1) is 0 Å². The van der Waals surface area contributed by atoms with Crippen molar-refractivity contribution in [3.63, 3.8) is 0 Å². The summed E-state index contributed by atoms with van der Waals surface area (Å²) in [6.45, 7) is 2.37. The zero-order chi connectivity index (χ0) is 20.8. The number of nitrogens with one attached hydrogen (secondary N) is 1. The van der Waals surface area contributed by atoms with E-state index in [-0.39, 0.29) is 13.2 Å². The van der Waals surface area contributed by atoms with Crippen LogP contribution in [0.1, 0.15) is 5.56 Å². The molecule has 2 saturated heterocycles. The highest BCUT2D eigenvalue weighted by atomic mass is 19.1. The fraction of sp³-hybridized carbons (Fsp3) is 0.333. The van der Waals surface area contributed by atoms with Crippen molar-refractivity contribution in [2.24, 2.45) is 0 Å². The van der Waals surface area contributed by atoms with Crippen molar-refractivity contribution in [1.82, 2.24) is 9.97 Å². The van der Waals surface area contributed by atoms with E-state index in [0.29, 0.717) is 28.5 Å². The van der Waals surface area contributed by atoms with Crippen molar-refractivity contribution in [3.05, 3.63) is 48.0 Å². The zero-order valence-corrected chi connectivity index (χ0v) is 16.2. The molecule has 5 rings (SSSR count). The van der Waals surface area contributed by atoms with Crippen molar-refractivity contribution in [2.45, 2.75) is 31.3 Å². The Kier molecular flexibility index (Phi) is 4.65. The third-order valence-electron chi connectivity index (χ3n) is 5.41. The number of fused-ring (bicyclic) bond motifs is 2. The van der Waals surface area contributed by atoms with Gasteiger partial charge in [-0.2, -0.15) is 0 Å². The summed E-state index contributed by atoms with van der Waals surface area (Å²) in [6.07, 6.45) is -0.536. The second-order valence-electron chi connectivity index (χ2n) is 7.54. The quantitative estimate of drug-likeness (QED) is 0.560. The van der Waals surface area contributed by atoms with Gasteiger partial charge in [0.25, 0.3) is 0 Å². The van der Waals surface area contributed by atoms with Gasteiger partial charge >= 0.3 is 0 Å². The van der Waals surface area contributed by atoms with Crippen LogP contribution < -0.4 is 15.8 Å². The number of nitrogens with zero attached hydrogens (tertiary/aromatic N) is 2. The van der Waals surface area contributed by atoms with E-state index < -0.39 is 30.2 Å². The van der Waals surface area contributed by atoms with Crippen LogP contribution >= 0.6 is 0 Å². The van der Waals surface area contributed by atoms with Crippen LogP contribution in [0.3, 0.4) is 0 Å². The number of nitrogens with two attached hydrogens (primary N) is 1. The van der Waals surface area contributed by atoms with E-state index in [1.54, 1.807) is 12.1 Å². The molecular weight excluding hydrogens is 391 g/mol. The molecule has 0 spiro atoms. The lowest BCUT2D eigenvalue weighted by atomic mass is 10.1. The normalized spacial score (nSPS) is 25.4. The molecule has 0 aliphatic carbocycles. The smallest absolute Gasteiger partial charge is 0.151 e. The Morgan fingerprint density at radius 2 is 2.00 bits per heavy atom. The van der Waals surface area contributed by atoms with Crippen molar-refractivity contribution < 1.29 is 23.7 Å². The highest BCUT2D eigenvalue weighted by Gasteiger charge is 2.48. The third kappa shape index (κ3) is 3.30. The van der Waals surface area contributed by atoms with Crippen LogP contribution in [-0.2, 0) is 9.47 Å². The summed E-state index contributed by atoms with van der Waals surface area (Å²) in [6, 6.07) is 7.85. The fourth-order valence-electron chi connectivity index (χ4n) is 4.05. The number of aliphatic hydroxyl groups excluding tert-OH is 1. The molecule has 9 heteroatoms. The van der Waals surface area contributed by atoms with Gasteiger partial charge in [-0.3, -0.25) is 0 Å². The Morgan fingerprint density at radius 3 is 2.87 bits per heavy atom. The molecule has 4 N–H and O–H groups in total. The number of nitrogen functional groups attached to an aromatic ring is 1. The molecule has 2 fully saturated rings. The van der Waals surface area contributed by atoms with Gasteiger partial charge in [0.05, 0.1) is 24.4 Å². The van der Waals surface area contributed by atoms with E-state index in [2.05, 4.69) is 15.3 Å². The summed E-state index contributed by atoms with van der Waals surface area (Å²) in [5.41, 5.74) is 8.70. The third-order valence-corrected chi connectivity index (χ3v) is 5.41. The van der Waals surface area contributed by atoms with Crippen LogP contribution in [0.4, 0.5) is 21.6 Å². The number of halogens is 1. The molecule has 1 aromatic heterocycles. The van der Waals surface area contributed by atoms with E-state index in [4.69, 9.17) is 19.9 Å². The Balaban J connectivity index is 1.47. The van der Waals surface area contributed by atoms with E-state index in [1.807, 2.05) is 13.0 Å². The van der Waals surface area contributed by atoms with E-state index in [0.717, 1.165) is 10.9 Å². The topological polar surface area (TPSA) is 112 Å². The number of benzene rings is 2. The largest absolute Gasteiger partial charge is 0.483 e. The number of ether oxygens (including phenoxy) is 3. The minimum Gasteiger partial charge on any atom is -0.483 e. The molecule has 30 heavy (non-hydrogen) atoms. The molecule has 0 bridgehead atoms. The first kappa shape index (κ1) is 19.0. The van der Waals surface area contributed by atoms with Gasteiger partial charge in [-0.1, -0.05) is 0 Å². The lowest BCUT2D eigenvalue weighted by Gasteiger charge is -2.21. The van der Waals surface area contributed by atoms with Gasteiger partial charge in [-0.25, -0.2) is 14.4 Å². The molecule has 0 saturated carbocycles. The number of rotatable bonds is 4. The number of aliphatic hydroxyl groups is 1. The summed E-state index contributed by atoms with van der Waals surface area (Å²) in [7, 11) is 0. The summed E-state index contributed by atoms with van der Waals surface area (Å²) in [5, 5.41) is 14.0. The summed E-state index contributed by atoms with van der Waals surface area (Å²) < 4.78 is 31.3. The first-order valence-corrected chi connectivity index (χ1v) is 9.65. The molecule has 4 atom stereocenters. The summed E-state index contributed by atoms with van der Waals surface area (Å²) >= 11 is 0. The average Bonchev–Trinajstić information content (AvgIpc) is 3.27. The minimum atomic E-state index is -0.684. The van der Waals surface area contributed by atoms with Crippen LogP contribution in [0, 0.1) is 12.7 Å². The van der Waals surface area contributed by atoms with Crippen LogP contribution in [0.25, 0.3) is 10.9 Å². The number of anilines is 3. The maximum absolute atomic E-state index is 14.0. The fourth-order valence-corrected chi connectivity index (χ4v) is 4.05. The van der Waals surface area contributed by atoms with Gasteiger partial charge in [0, 0.05) is 17.1 Å². The Labute approximate surface area is 171 Å². The molecule has 2 aromatic carbocycles. The Hall–Kier alpha value is -3.01. The molecule has 0 amide bonds. The Bertz CT molecular complexity index is 1110. The van der Waals surface area contributed by atoms with Crippen molar-refractivity contribution in [3.8, 4) is 5.75 Å². The molecule has 0 radical (unpaired) electrons. The molecular formula is C21H21FN4O4. The molecule has 3 aromatic rings. The second-order valence-corrected chi connectivity index (χ2v) is 7.54. The van der Waals surface area contributed by atoms with Gasteiger partial charge in [-0.05, 0) is 36.8 Å². The first-order valence-electron chi connectivity index (χ1n) is 9.65. The SMILES string of the molecule is Cc1cc(N)cc2ncnc(Nc3ccc(F)cc3OC3COC4C(O)COC34)c12. The van der Waals surface area contributed by atoms with Crippen molar-refractivity contribution in [2.75, 3.05) is 24.3 Å². The van der Waals surface area contributed by atoms with E-state index in [1.165, 1.54) is 18.5 Å². The van der Waals surface area contributed by atoms with Crippen molar-refractivity contribution >= 4 is 28.1 Å². The average molecular weight is 412 g/mol. The first-order chi connectivity index (χ1) is 14.5. The van der Waals surface area contributed by atoms with Crippen LogP contribution in [0.5, 0.6) is 5.75 Å². The predicted octanol–water partition coefficient (Wildman–Crippen LogP) is 2.31. The van der Waals surface area contributed by atoms with Crippen LogP contribution in [-0.4, -0.2) is 52.7 Å². The molecule has 3 heterocycles. The van der Waals surface area contributed by atoms with Gasteiger partial charge in [0.1, 0.15) is 42.0 Å². The summed E-state index contributed by atoms with van der Waals surface area (Å²) in [4.78, 5) is 8.65. The Morgan fingerprint density at radius 1 is 1.17 bits per heavy atom. The summed E-state index contributed by atoms with van der Waals surface area (Å²) in [5.74, 6) is 0.422. The highest BCUT2D eigenvalue weighted by Crippen LogP contribution is 2.36. The number of hydrogen-bond donors (Lipinski definition) is 3. The van der Waals surface area contributed by atoms with Gasteiger partial charge < -0.3 is 30.4 Å². The van der Waals surface area contributed by atoms with E-state index in [9.17, 15) is 9.50 Å². The van der Waals surface area contributed by atoms with Crippen molar-refractivity contribution in [1.29, 1.82) is 0 Å². The number of aryl methyl sites for hydroxylation is 1. The number of hydrogen-bond acceptors (Lipinski definition) is 8. The predicted molar refractivity (Wildman–Crippen MR) is 108 cm³/mol. The van der Waals surface area contributed by atoms with E-state index >= 15 is 0 Å². The number of aromatic nitrogens is 2. The van der Waals surface area contributed by atoms with Gasteiger partial charge in [0.2, 0.25) is 0 Å². The van der Waals surface area contributed by atoms with Crippen LogP contribution in [0.15, 0.2) is 36.7 Å². The molecule has 8 nitrogen and oxygen atoms in total. The molecule has 2 aliphatic rings. The standard InChI is InChI=1S/C21H21FN4O4/c1-10-4-12(23)6-14-18(10)21(25-9-24-14)26-13-3-2-11(22)5-16(13)30-17-8-29-19-15(27)7-28-20(17)19/h2-6,9,15,17,19-20,27H,7-8,23H2,1H3,(H,24,25,26). The monoisotopic (exact) mass is 412 g/mol. The molecule has 156 valence electrons. The lowest BCUT2D eigenvalue weighted by molar-refractivity contribution is 0.00871. The second kappa shape index (κ2) is 7.35. The highest BCUT2D eigenvalue weighted by molar-refractivity contribution is 5.95. The lowest BCUT2D eigenvalue weighted by Crippen LogP contribution is -2.34. The maximum Gasteiger partial charge on any atom is 0.151 e. The zero-order valence-electron chi connectivity index (χ0n) is 16.2. The van der Waals surface area contributed by atoms with Gasteiger partial charge in [0.15, 0.2) is 6.10 Å². The maximum atomic E-state index is 14.0. The molecule has 4 unspecified atom stereocenters. The minimum absolute atomic E-state index is 0.193.